The fourth-order valence-electron chi connectivity index (χ4n) is 2.21. The van der Waals surface area contributed by atoms with Crippen molar-refractivity contribution in [2.24, 2.45) is 5.41 Å². The first-order chi connectivity index (χ1) is 4.71. The fourth-order valence-corrected chi connectivity index (χ4v) is 2.21. The first kappa shape index (κ1) is 6.14. The molecule has 1 fully saturated rings. The van der Waals surface area contributed by atoms with E-state index < -0.39 is 0 Å². The van der Waals surface area contributed by atoms with Crippen LogP contribution in [0.15, 0.2) is 11.6 Å². The van der Waals surface area contributed by atoms with E-state index in [9.17, 15) is 4.79 Å². The van der Waals surface area contributed by atoms with Gasteiger partial charge in [0.25, 0.3) is 0 Å². The molecule has 2 aliphatic carbocycles. The lowest BCUT2D eigenvalue weighted by atomic mass is 9.86. The van der Waals surface area contributed by atoms with Gasteiger partial charge in [-0.3, -0.25) is 4.79 Å². The molecule has 54 valence electrons. The summed E-state index contributed by atoms with van der Waals surface area (Å²) in [6.07, 6.45) is 6.33. The Labute approximate surface area is 61.1 Å². The lowest BCUT2D eigenvalue weighted by molar-refractivity contribution is -0.115. The molecule has 1 atom stereocenters. The maximum Gasteiger partial charge on any atom is 0.156 e. The van der Waals surface area contributed by atoms with Crippen molar-refractivity contribution < 1.29 is 4.79 Å². The smallest absolute Gasteiger partial charge is 0.156 e. The molecule has 2 aliphatic rings. The molecule has 0 radical (unpaired) electrons. The summed E-state index contributed by atoms with van der Waals surface area (Å²) in [5.41, 5.74) is 1.70. The number of hydrogen-bond donors (Lipinski definition) is 0. The van der Waals surface area contributed by atoms with Crippen LogP contribution in [0.25, 0.3) is 0 Å². The zero-order valence-electron chi connectivity index (χ0n) is 6.31. The third-order valence-corrected chi connectivity index (χ3v) is 2.85. The molecule has 0 aromatic rings. The Morgan fingerprint density at radius 1 is 1.60 bits per heavy atom. The molecule has 0 N–H and O–H groups in total. The average molecular weight is 136 g/mol. The maximum absolute atomic E-state index is 11.0. The van der Waals surface area contributed by atoms with E-state index in [0.29, 0.717) is 5.78 Å². The van der Waals surface area contributed by atoms with Crippen LogP contribution >= 0.6 is 0 Å². The van der Waals surface area contributed by atoms with Crippen molar-refractivity contribution in [2.75, 3.05) is 0 Å². The van der Waals surface area contributed by atoms with Crippen LogP contribution in [0.2, 0.25) is 0 Å². The molecule has 0 aromatic carbocycles. The van der Waals surface area contributed by atoms with Gasteiger partial charge in [-0.25, -0.2) is 0 Å². The topological polar surface area (TPSA) is 17.1 Å². The van der Waals surface area contributed by atoms with Gasteiger partial charge in [-0.1, -0.05) is 12.5 Å². The first-order valence-corrected chi connectivity index (χ1v) is 3.95. The normalized spacial score (nSPS) is 38.1. The Morgan fingerprint density at radius 3 is 3.10 bits per heavy atom. The summed E-state index contributed by atoms with van der Waals surface area (Å²) in [4.78, 5) is 11.0. The van der Waals surface area contributed by atoms with Gasteiger partial charge in [0.1, 0.15) is 0 Å². The van der Waals surface area contributed by atoms with Gasteiger partial charge >= 0.3 is 0 Å². The van der Waals surface area contributed by atoms with Crippen molar-refractivity contribution in [3.8, 4) is 0 Å². The predicted molar refractivity (Wildman–Crippen MR) is 39.7 cm³/mol. The van der Waals surface area contributed by atoms with Gasteiger partial charge in [-0.15, -0.1) is 0 Å². The standard InChI is InChI=1S/C9H12O/c1-9-4-2-3-7(9)5-8(10)6-9/h5H,2-4,6H2,1H3/t9-/m0/s1. The molecular formula is C9H12O. The Kier molecular flexibility index (Phi) is 1.05. The molecule has 0 spiro atoms. The summed E-state index contributed by atoms with van der Waals surface area (Å²) >= 11 is 0. The highest BCUT2D eigenvalue weighted by Crippen LogP contribution is 2.48. The number of hydrogen-bond acceptors (Lipinski definition) is 1. The number of rotatable bonds is 0. The third-order valence-electron chi connectivity index (χ3n) is 2.85. The van der Waals surface area contributed by atoms with E-state index in [-0.39, 0.29) is 5.41 Å². The van der Waals surface area contributed by atoms with Gasteiger partial charge < -0.3 is 0 Å². The monoisotopic (exact) mass is 136 g/mol. The molecule has 0 bridgehead atoms. The minimum atomic E-state index is 0.289. The number of allylic oxidation sites excluding steroid dienone is 2. The number of carbonyl (C=O) groups excluding carboxylic acids is 1. The zero-order valence-corrected chi connectivity index (χ0v) is 6.31. The van der Waals surface area contributed by atoms with Crippen LogP contribution in [0.5, 0.6) is 0 Å². The van der Waals surface area contributed by atoms with Crippen LogP contribution in [0.4, 0.5) is 0 Å². The molecule has 0 saturated heterocycles. The van der Waals surface area contributed by atoms with Crippen LogP contribution in [0, 0.1) is 5.41 Å². The van der Waals surface area contributed by atoms with E-state index in [4.69, 9.17) is 0 Å². The molecule has 0 amide bonds. The van der Waals surface area contributed by atoms with Crippen LogP contribution in [-0.2, 0) is 4.79 Å². The van der Waals surface area contributed by atoms with Crippen LogP contribution in [0.1, 0.15) is 32.6 Å². The van der Waals surface area contributed by atoms with Gasteiger partial charge in [0.2, 0.25) is 0 Å². The third kappa shape index (κ3) is 0.664. The second-order valence-corrected chi connectivity index (χ2v) is 3.73. The first-order valence-electron chi connectivity index (χ1n) is 3.95. The lowest BCUT2D eigenvalue weighted by Crippen LogP contribution is -2.10. The van der Waals surface area contributed by atoms with E-state index in [2.05, 4.69) is 6.92 Å². The van der Waals surface area contributed by atoms with Gasteiger partial charge in [0.05, 0.1) is 0 Å². The zero-order chi connectivity index (χ0) is 7.19. The van der Waals surface area contributed by atoms with Gasteiger partial charge in [-0.2, -0.15) is 0 Å². The van der Waals surface area contributed by atoms with Crippen LogP contribution in [0.3, 0.4) is 0 Å². The van der Waals surface area contributed by atoms with Gasteiger partial charge in [0.15, 0.2) is 5.78 Å². The highest BCUT2D eigenvalue weighted by atomic mass is 16.1. The number of carbonyl (C=O) groups is 1. The Balaban J connectivity index is 2.37. The van der Waals surface area contributed by atoms with Crippen LogP contribution < -0.4 is 0 Å². The summed E-state index contributed by atoms with van der Waals surface area (Å²) < 4.78 is 0. The van der Waals surface area contributed by atoms with Crippen LogP contribution in [-0.4, -0.2) is 5.78 Å². The summed E-state index contributed by atoms with van der Waals surface area (Å²) in [5, 5.41) is 0. The quantitative estimate of drug-likeness (QED) is 0.498. The SMILES string of the molecule is C[C@@]12CCCC1=CC(=O)C2. The predicted octanol–water partition coefficient (Wildman–Crippen LogP) is 2.08. The van der Waals surface area contributed by atoms with Crippen molar-refractivity contribution in [3.05, 3.63) is 11.6 Å². The molecule has 2 rings (SSSR count). The second kappa shape index (κ2) is 1.71. The van der Waals surface area contributed by atoms with Gasteiger partial charge in [-0.05, 0) is 30.8 Å². The molecule has 10 heavy (non-hydrogen) atoms. The number of ketones is 1. The van der Waals surface area contributed by atoms with Crippen molar-refractivity contribution in [1.82, 2.24) is 0 Å². The number of fused-ring (bicyclic) bond motifs is 1. The minimum Gasteiger partial charge on any atom is -0.295 e. The molecule has 0 aromatic heterocycles. The second-order valence-electron chi connectivity index (χ2n) is 3.73. The van der Waals surface area contributed by atoms with E-state index in [1.54, 1.807) is 0 Å². The van der Waals surface area contributed by atoms with Crippen molar-refractivity contribution in [1.29, 1.82) is 0 Å². The van der Waals surface area contributed by atoms with Gasteiger partial charge in [0, 0.05) is 6.42 Å². The van der Waals surface area contributed by atoms with E-state index in [0.717, 1.165) is 6.42 Å². The average Bonchev–Trinajstić information content (AvgIpc) is 2.20. The molecule has 0 unspecified atom stereocenters. The summed E-state index contributed by atoms with van der Waals surface area (Å²) in [7, 11) is 0. The van der Waals surface area contributed by atoms with Crippen molar-refractivity contribution in [3.63, 3.8) is 0 Å². The van der Waals surface area contributed by atoms with Crippen molar-refractivity contribution >= 4 is 5.78 Å². The highest BCUT2D eigenvalue weighted by Gasteiger charge is 2.39. The highest BCUT2D eigenvalue weighted by molar-refractivity contribution is 5.94. The molecule has 1 nitrogen and oxygen atoms in total. The fraction of sp³-hybridized carbons (Fsp3) is 0.667. The largest absolute Gasteiger partial charge is 0.295 e. The van der Waals surface area contributed by atoms with E-state index in [1.807, 2.05) is 6.08 Å². The molecule has 0 heterocycles. The Hall–Kier alpha value is -0.590. The molecule has 1 heteroatoms. The van der Waals surface area contributed by atoms with Crippen molar-refractivity contribution in [2.45, 2.75) is 32.6 Å². The molecule has 0 aliphatic heterocycles. The molecule has 1 saturated carbocycles. The van der Waals surface area contributed by atoms with E-state index in [1.165, 1.54) is 24.8 Å². The summed E-state index contributed by atoms with van der Waals surface area (Å²) in [6, 6.07) is 0. The Bertz CT molecular complexity index is 215. The lowest BCUT2D eigenvalue weighted by Gasteiger charge is -2.18. The maximum atomic E-state index is 11.0. The van der Waals surface area contributed by atoms with E-state index >= 15 is 0 Å². The summed E-state index contributed by atoms with van der Waals surface area (Å²) in [6.45, 7) is 2.22. The molecular weight excluding hydrogens is 124 g/mol. The Morgan fingerprint density at radius 2 is 2.40 bits per heavy atom. The minimum absolute atomic E-state index is 0.289. The summed E-state index contributed by atoms with van der Waals surface area (Å²) in [5.74, 6) is 0.345.